The molecular formula is C15H20O4. The van der Waals surface area contributed by atoms with Gasteiger partial charge in [0.15, 0.2) is 0 Å². The average molecular weight is 264 g/mol. The number of rotatable bonds is 3. The third-order valence-electron chi connectivity index (χ3n) is 3.80. The first-order chi connectivity index (χ1) is 8.91. The molecule has 1 atom stereocenters. The molecule has 1 aliphatic heterocycles. The molecule has 0 saturated heterocycles. The van der Waals surface area contributed by atoms with E-state index in [2.05, 4.69) is 0 Å². The van der Waals surface area contributed by atoms with Gasteiger partial charge in [0, 0.05) is 25.3 Å². The molecule has 4 heteroatoms. The van der Waals surface area contributed by atoms with Gasteiger partial charge in [-0.15, -0.1) is 0 Å². The molecule has 0 aliphatic carbocycles. The number of carbonyl (C=O) groups excluding carboxylic acids is 1. The quantitative estimate of drug-likeness (QED) is 0.852. The number of hydrogen-bond acceptors (Lipinski definition) is 4. The Bertz CT molecular complexity index is 483. The van der Waals surface area contributed by atoms with Gasteiger partial charge in [0.1, 0.15) is 17.6 Å². The molecule has 0 bridgehead atoms. The van der Waals surface area contributed by atoms with E-state index in [1.807, 2.05) is 20.8 Å². The van der Waals surface area contributed by atoms with E-state index in [-0.39, 0.29) is 12.1 Å². The Morgan fingerprint density at radius 3 is 2.63 bits per heavy atom. The lowest BCUT2D eigenvalue weighted by atomic mass is 9.96. The Kier molecular flexibility index (Phi) is 3.69. The first-order valence-corrected chi connectivity index (χ1v) is 6.53. The van der Waals surface area contributed by atoms with Gasteiger partial charge in [-0.05, 0) is 37.5 Å². The molecule has 4 nitrogen and oxygen atoms in total. The van der Waals surface area contributed by atoms with Crippen LogP contribution in [0.25, 0.3) is 0 Å². The number of aromatic hydroxyl groups is 1. The summed E-state index contributed by atoms with van der Waals surface area (Å²) < 4.78 is 10.9. The average Bonchev–Trinajstić information content (AvgIpc) is 2.77. The summed E-state index contributed by atoms with van der Waals surface area (Å²) >= 11 is 0. The molecule has 0 radical (unpaired) electrons. The van der Waals surface area contributed by atoms with Crippen LogP contribution in [0.1, 0.15) is 35.6 Å². The highest BCUT2D eigenvalue weighted by Gasteiger charge is 2.28. The van der Waals surface area contributed by atoms with Crippen molar-refractivity contribution in [1.29, 1.82) is 0 Å². The second-order valence-electron chi connectivity index (χ2n) is 5.10. The van der Waals surface area contributed by atoms with Crippen LogP contribution in [0.15, 0.2) is 0 Å². The predicted octanol–water partition coefficient (Wildman–Crippen LogP) is 2.57. The van der Waals surface area contributed by atoms with Crippen LogP contribution >= 0.6 is 0 Å². The first-order valence-electron chi connectivity index (χ1n) is 6.53. The van der Waals surface area contributed by atoms with E-state index in [4.69, 9.17) is 9.47 Å². The van der Waals surface area contributed by atoms with Crippen molar-refractivity contribution in [2.75, 3.05) is 6.61 Å². The number of hydrogen-bond donors (Lipinski definition) is 1. The van der Waals surface area contributed by atoms with Crippen LogP contribution in [0.3, 0.4) is 0 Å². The van der Waals surface area contributed by atoms with E-state index in [0.717, 1.165) is 34.4 Å². The fraction of sp³-hybridized carbons (Fsp3) is 0.533. The van der Waals surface area contributed by atoms with Crippen molar-refractivity contribution in [3.05, 3.63) is 22.3 Å². The molecule has 0 unspecified atom stereocenters. The summed E-state index contributed by atoms with van der Waals surface area (Å²) in [6.45, 7) is 7.55. The van der Waals surface area contributed by atoms with Gasteiger partial charge in [-0.25, -0.2) is 0 Å². The molecule has 1 aliphatic rings. The summed E-state index contributed by atoms with van der Waals surface area (Å²) in [5.41, 5.74) is 3.84. The largest absolute Gasteiger partial charge is 0.507 e. The molecular weight excluding hydrogens is 244 g/mol. The van der Waals surface area contributed by atoms with Crippen molar-refractivity contribution >= 4 is 5.97 Å². The van der Waals surface area contributed by atoms with Gasteiger partial charge >= 0.3 is 5.97 Å². The van der Waals surface area contributed by atoms with Crippen LogP contribution in [0.5, 0.6) is 11.5 Å². The summed E-state index contributed by atoms with van der Waals surface area (Å²) in [4.78, 5) is 10.7. The second-order valence-corrected chi connectivity index (χ2v) is 5.10. The van der Waals surface area contributed by atoms with Gasteiger partial charge in [-0.3, -0.25) is 4.79 Å². The highest BCUT2D eigenvalue weighted by Crippen LogP contribution is 2.42. The lowest BCUT2D eigenvalue weighted by molar-refractivity contribution is -0.141. The highest BCUT2D eigenvalue weighted by atomic mass is 16.5. The summed E-state index contributed by atoms with van der Waals surface area (Å²) in [5.74, 6) is 0.984. The Hall–Kier alpha value is -1.71. The van der Waals surface area contributed by atoms with Gasteiger partial charge in [0.25, 0.3) is 0 Å². The van der Waals surface area contributed by atoms with Crippen LogP contribution in [-0.2, 0) is 16.0 Å². The Morgan fingerprint density at radius 1 is 1.32 bits per heavy atom. The number of benzene rings is 1. The van der Waals surface area contributed by atoms with Crippen LogP contribution in [0, 0.1) is 20.8 Å². The zero-order chi connectivity index (χ0) is 14.2. The lowest BCUT2D eigenvalue weighted by Gasteiger charge is -2.13. The van der Waals surface area contributed by atoms with Crippen LogP contribution in [0.4, 0.5) is 0 Å². The number of esters is 1. The maximum atomic E-state index is 10.7. The number of phenolic OH excluding ortho intramolecular Hbond substituents is 1. The molecule has 0 aromatic heterocycles. The predicted molar refractivity (Wildman–Crippen MR) is 71.7 cm³/mol. The normalized spacial score (nSPS) is 16.9. The van der Waals surface area contributed by atoms with Crippen molar-refractivity contribution in [3.8, 4) is 11.5 Å². The number of ether oxygens (including phenoxy) is 2. The number of phenols is 1. The molecule has 104 valence electrons. The molecule has 19 heavy (non-hydrogen) atoms. The van der Waals surface area contributed by atoms with Gasteiger partial charge in [0.05, 0.1) is 6.61 Å². The third kappa shape index (κ3) is 2.53. The van der Waals surface area contributed by atoms with E-state index in [9.17, 15) is 9.90 Å². The number of fused-ring (bicyclic) bond motifs is 1. The molecule has 0 saturated carbocycles. The number of carbonyl (C=O) groups is 1. The summed E-state index contributed by atoms with van der Waals surface area (Å²) in [6, 6.07) is 0. The molecule has 0 fully saturated rings. The van der Waals surface area contributed by atoms with Gasteiger partial charge < -0.3 is 14.6 Å². The molecule has 0 amide bonds. The standard InChI is InChI=1S/C15H20O4/c1-8-9(2)15-13(10(3)14(8)17)7-12(19-15)5-6-18-11(4)16/h12,17H,5-7H2,1-4H3/t12-/m1/s1. The maximum Gasteiger partial charge on any atom is 0.302 e. The summed E-state index contributed by atoms with van der Waals surface area (Å²) in [7, 11) is 0. The molecule has 1 heterocycles. The van der Waals surface area contributed by atoms with Gasteiger partial charge in [-0.1, -0.05) is 0 Å². The monoisotopic (exact) mass is 264 g/mol. The van der Waals surface area contributed by atoms with E-state index in [0.29, 0.717) is 18.8 Å². The molecule has 1 aromatic rings. The van der Waals surface area contributed by atoms with Crippen LogP contribution in [0.2, 0.25) is 0 Å². The van der Waals surface area contributed by atoms with E-state index >= 15 is 0 Å². The van der Waals surface area contributed by atoms with Crippen LogP contribution in [-0.4, -0.2) is 23.8 Å². The van der Waals surface area contributed by atoms with Crippen molar-refractivity contribution in [2.45, 2.75) is 46.6 Å². The third-order valence-corrected chi connectivity index (χ3v) is 3.80. The summed E-state index contributed by atoms with van der Waals surface area (Å²) in [6.07, 6.45) is 1.46. The van der Waals surface area contributed by atoms with Crippen molar-refractivity contribution in [3.63, 3.8) is 0 Å². The fourth-order valence-corrected chi connectivity index (χ4v) is 2.51. The van der Waals surface area contributed by atoms with Gasteiger partial charge in [-0.2, -0.15) is 0 Å². The SMILES string of the molecule is CC(=O)OCC[C@@H]1Cc2c(C)c(O)c(C)c(C)c2O1. The minimum atomic E-state index is -0.267. The second kappa shape index (κ2) is 5.11. The summed E-state index contributed by atoms with van der Waals surface area (Å²) in [5, 5.41) is 10.1. The molecule has 0 spiro atoms. The van der Waals surface area contributed by atoms with Crippen molar-refractivity contribution in [2.24, 2.45) is 0 Å². The van der Waals surface area contributed by atoms with Crippen molar-refractivity contribution in [1.82, 2.24) is 0 Å². The first kappa shape index (κ1) is 13.7. The topological polar surface area (TPSA) is 55.8 Å². The zero-order valence-corrected chi connectivity index (χ0v) is 11.9. The molecule has 1 aromatic carbocycles. The Labute approximate surface area is 113 Å². The minimum Gasteiger partial charge on any atom is -0.507 e. The Balaban J connectivity index is 2.14. The maximum absolute atomic E-state index is 10.7. The lowest BCUT2D eigenvalue weighted by Crippen LogP contribution is -2.16. The van der Waals surface area contributed by atoms with E-state index in [1.54, 1.807) is 0 Å². The highest BCUT2D eigenvalue weighted by molar-refractivity contribution is 5.65. The smallest absolute Gasteiger partial charge is 0.302 e. The molecule has 1 N–H and O–H groups in total. The zero-order valence-electron chi connectivity index (χ0n) is 11.9. The van der Waals surface area contributed by atoms with Crippen molar-refractivity contribution < 1.29 is 19.4 Å². The van der Waals surface area contributed by atoms with E-state index in [1.165, 1.54) is 6.92 Å². The molecule has 2 rings (SSSR count). The fourth-order valence-electron chi connectivity index (χ4n) is 2.51. The minimum absolute atomic E-state index is 0.0212. The van der Waals surface area contributed by atoms with Crippen LogP contribution < -0.4 is 4.74 Å². The Morgan fingerprint density at radius 2 is 2.00 bits per heavy atom. The van der Waals surface area contributed by atoms with E-state index < -0.39 is 0 Å². The van der Waals surface area contributed by atoms with Gasteiger partial charge in [0.2, 0.25) is 0 Å².